The number of sulfonamides is 1. The van der Waals surface area contributed by atoms with Crippen molar-refractivity contribution in [2.75, 3.05) is 13.1 Å². The molecule has 2 rings (SSSR count). The molecule has 8 heteroatoms. The van der Waals surface area contributed by atoms with Crippen LogP contribution in [0.1, 0.15) is 56.3 Å². The van der Waals surface area contributed by atoms with Crippen molar-refractivity contribution in [3.8, 4) is 0 Å². The van der Waals surface area contributed by atoms with Crippen LogP contribution in [0.3, 0.4) is 0 Å². The Morgan fingerprint density at radius 3 is 2.48 bits per heavy atom. The summed E-state index contributed by atoms with van der Waals surface area (Å²) in [4.78, 5) is 25.6. The highest BCUT2D eigenvalue weighted by molar-refractivity contribution is 7.89. The number of hydrogen-bond donors (Lipinski definition) is 2. The first-order valence-corrected chi connectivity index (χ1v) is 10.9. The molecule has 1 heterocycles. The number of likely N-dealkylation sites (tertiary alicyclic amines) is 1. The van der Waals surface area contributed by atoms with E-state index >= 15 is 0 Å². The summed E-state index contributed by atoms with van der Waals surface area (Å²) in [5.41, 5.74) is 5.39. The number of carbonyl (C=O) groups is 2. The monoisotopic (exact) mass is 395 g/mol. The van der Waals surface area contributed by atoms with Crippen molar-refractivity contribution in [1.82, 2.24) is 9.62 Å². The maximum Gasteiger partial charge on any atom is 0.248 e. The zero-order chi connectivity index (χ0) is 20.0. The highest BCUT2D eigenvalue weighted by Crippen LogP contribution is 2.22. The number of hydrogen-bond acceptors (Lipinski definition) is 4. The van der Waals surface area contributed by atoms with E-state index in [0.717, 1.165) is 25.7 Å². The normalized spacial score (nSPS) is 19.3. The van der Waals surface area contributed by atoms with Gasteiger partial charge in [0.2, 0.25) is 21.8 Å². The summed E-state index contributed by atoms with van der Waals surface area (Å²) in [5, 5.41) is 0. The first-order chi connectivity index (χ1) is 12.7. The maximum atomic E-state index is 12.7. The van der Waals surface area contributed by atoms with E-state index in [1.54, 1.807) is 11.8 Å². The summed E-state index contributed by atoms with van der Waals surface area (Å²) in [6.07, 6.45) is 5.34. The second kappa shape index (κ2) is 9.32. The van der Waals surface area contributed by atoms with Crippen LogP contribution < -0.4 is 10.5 Å². The topological polar surface area (TPSA) is 110 Å². The Labute approximate surface area is 161 Å². The molecule has 1 saturated heterocycles. The molecule has 0 saturated carbocycles. The van der Waals surface area contributed by atoms with Gasteiger partial charge in [-0.2, -0.15) is 4.72 Å². The van der Waals surface area contributed by atoms with Crippen LogP contribution in [0, 0.1) is 5.92 Å². The predicted octanol–water partition coefficient (Wildman–Crippen LogP) is 1.88. The van der Waals surface area contributed by atoms with Gasteiger partial charge >= 0.3 is 0 Å². The lowest BCUT2D eigenvalue weighted by Crippen LogP contribution is -2.47. The molecule has 1 aliphatic heterocycles. The molecule has 1 aliphatic rings. The third-order valence-corrected chi connectivity index (χ3v) is 6.56. The average molecular weight is 396 g/mol. The number of amides is 2. The molecule has 0 bridgehead atoms. The minimum Gasteiger partial charge on any atom is -0.366 e. The van der Waals surface area contributed by atoms with Crippen molar-refractivity contribution < 1.29 is 18.0 Å². The van der Waals surface area contributed by atoms with Gasteiger partial charge in [-0.15, -0.1) is 0 Å². The van der Waals surface area contributed by atoms with Crippen LogP contribution in [0.15, 0.2) is 29.2 Å². The Morgan fingerprint density at radius 1 is 1.22 bits per heavy atom. The number of carbonyl (C=O) groups excluding carboxylic acids is 2. The van der Waals surface area contributed by atoms with E-state index in [1.807, 2.05) is 0 Å². The van der Waals surface area contributed by atoms with Crippen molar-refractivity contribution in [2.24, 2.45) is 11.7 Å². The lowest BCUT2D eigenvalue weighted by Gasteiger charge is -2.25. The smallest absolute Gasteiger partial charge is 0.248 e. The van der Waals surface area contributed by atoms with Gasteiger partial charge in [0.25, 0.3) is 0 Å². The average Bonchev–Trinajstić information content (AvgIpc) is 2.86. The van der Waals surface area contributed by atoms with Gasteiger partial charge in [-0.05, 0) is 56.4 Å². The molecule has 1 aromatic carbocycles. The first kappa shape index (κ1) is 21.4. The number of nitrogens with two attached hydrogens (primary N) is 1. The van der Waals surface area contributed by atoms with Gasteiger partial charge in [-0.25, -0.2) is 8.42 Å². The molecule has 0 radical (unpaired) electrons. The molecule has 2 amide bonds. The van der Waals surface area contributed by atoms with Crippen LogP contribution >= 0.6 is 0 Å². The third-order valence-electron chi connectivity index (χ3n) is 5.01. The molecule has 27 heavy (non-hydrogen) atoms. The van der Waals surface area contributed by atoms with Crippen LogP contribution in [0.25, 0.3) is 0 Å². The van der Waals surface area contributed by atoms with E-state index in [2.05, 4.69) is 11.6 Å². The zero-order valence-corrected chi connectivity index (χ0v) is 16.8. The molecule has 150 valence electrons. The van der Waals surface area contributed by atoms with Gasteiger partial charge in [0, 0.05) is 18.7 Å². The lowest BCUT2D eigenvalue weighted by atomic mass is 9.96. The van der Waals surface area contributed by atoms with Gasteiger partial charge in [-0.3, -0.25) is 9.59 Å². The van der Waals surface area contributed by atoms with Crippen LogP contribution in [-0.2, 0) is 14.8 Å². The largest absolute Gasteiger partial charge is 0.366 e. The van der Waals surface area contributed by atoms with E-state index in [9.17, 15) is 18.0 Å². The van der Waals surface area contributed by atoms with E-state index in [1.165, 1.54) is 30.7 Å². The molecule has 0 spiro atoms. The molecule has 7 nitrogen and oxygen atoms in total. The fourth-order valence-corrected chi connectivity index (χ4v) is 4.70. The predicted molar refractivity (Wildman–Crippen MR) is 104 cm³/mol. The van der Waals surface area contributed by atoms with Gasteiger partial charge in [0.1, 0.15) is 0 Å². The molecule has 2 atom stereocenters. The van der Waals surface area contributed by atoms with Crippen molar-refractivity contribution in [3.05, 3.63) is 29.8 Å². The Balaban J connectivity index is 2.01. The summed E-state index contributed by atoms with van der Waals surface area (Å²) in [6.45, 7) is 5.06. The van der Waals surface area contributed by atoms with Gasteiger partial charge in [0.05, 0.1) is 10.9 Å². The fraction of sp³-hybridized carbons (Fsp3) is 0.579. The molecule has 1 fully saturated rings. The van der Waals surface area contributed by atoms with Crippen LogP contribution in [0.5, 0.6) is 0 Å². The minimum atomic E-state index is -3.86. The van der Waals surface area contributed by atoms with Crippen LogP contribution in [-0.4, -0.2) is 44.3 Å². The number of rotatable bonds is 7. The summed E-state index contributed by atoms with van der Waals surface area (Å²) in [6, 6.07) is 4.47. The SMILES string of the molecule is CCC[C@@H]1CCCN(C(=O)[C@H](C)NS(=O)(=O)c2ccc(C(N)=O)cc2)CC1. The summed E-state index contributed by atoms with van der Waals surface area (Å²) < 4.78 is 27.5. The molecule has 0 aliphatic carbocycles. The number of primary amides is 1. The van der Waals surface area contributed by atoms with E-state index in [-0.39, 0.29) is 16.4 Å². The fourth-order valence-electron chi connectivity index (χ4n) is 3.51. The van der Waals surface area contributed by atoms with Gasteiger partial charge in [0.15, 0.2) is 0 Å². The number of nitrogens with zero attached hydrogens (tertiary/aromatic N) is 1. The first-order valence-electron chi connectivity index (χ1n) is 9.45. The summed E-state index contributed by atoms with van der Waals surface area (Å²) in [7, 11) is -3.86. The Morgan fingerprint density at radius 2 is 1.89 bits per heavy atom. The number of benzene rings is 1. The van der Waals surface area contributed by atoms with Crippen LogP contribution in [0.4, 0.5) is 0 Å². The second-order valence-corrected chi connectivity index (χ2v) is 8.86. The Kier molecular flexibility index (Phi) is 7.38. The van der Waals surface area contributed by atoms with Gasteiger partial charge in [-0.1, -0.05) is 19.8 Å². The molecule has 0 aromatic heterocycles. The van der Waals surface area contributed by atoms with Crippen molar-refractivity contribution in [1.29, 1.82) is 0 Å². The summed E-state index contributed by atoms with van der Waals surface area (Å²) in [5.74, 6) is -0.189. The standard InChI is InChI=1S/C19H29N3O4S/c1-3-5-15-6-4-12-22(13-11-15)19(24)14(2)21-27(25,26)17-9-7-16(8-10-17)18(20)23/h7-10,14-15,21H,3-6,11-13H2,1-2H3,(H2,20,23)/t14-,15+/m0/s1. The minimum absolute atomic E-state index is 0.00831. The molecular weight excluding hydrogens is 366 g/mol. The maximum absolute atomic E-state index is 12.7. The highest BCUT2D eigenvalue weighted by Gasteiger charge is 2.27. The molecule has 0 unspecified atom stereocenters. The highest BCUT2D eigenvalue weighted by atomic mass is 32.2. The molecule has 3 N–H and O–H groups in total. The zero-order valence-electron chi connectivity index (χ0n) is 16.0. The Bertz CT molecular complexity index is 762. The quantitative estimate of drug-likeness (QED) is 0.734. The Hall–Kier alpha value is -1.93. The number of nitrogens with one attached hydrogen (secondary N) is 1. The van der Waals surface area contributed by atoms with E-state index in [4.69, 9.17) is 5.73 Å². The molecule has 1 aromatic rings. The van der Waals surface area contributed by atoms with Crippen LogP contribution in [0.2, 0.25) is 0 Å². The van der Waals surface area contributed by atoms with Crippen molar-refractivity contribution >= 4 is 21.8 Å². The van der Waals surface area contributed by atoms with Crippen molar-refractivity contribution in [2.45, 2.75) is 56.9 Å². The lowest BCUT2D eigenvalue weighted by molar-refractivity contribution is -0.132. The van der Waals surface area contributed by atoms with E-state index in [0.29, 0.717) is 19.0 Å². The van der Waals surface area contributed by atoms with Gasteiger partial charge < -0.3 is 10.6 Å². The summed E-state index contributed by atoms with van der Waals surface area (Å²) >= 11 is 0. The second-order valence-electron chi connectivity index (χ2n) is 7.14. The molecular formula is C19H29N3O4S. The van der Waals surface area contributed by atoms with Crippen molar-refractivity contribution in [3.63, 3.8) is 0 Å². The third kappa shape index (κ3) is 5.77. The van der Waals surface area contributed by atoms with E-state index < -0.39 is 22.0 Å².